The molecular weight excluding hydrogens is 350 g/mol. The Kier molecular flexibility index (Phi) is 9.00. The van der Waals surface area contributed by atoms with Crippen molar-refractivity contribution in [3.05, 3.63) is 35.4 Å². The van der Waals surface area contributed by atoms with Crippen molar-refractivity contribution in [2.24, 2.45) is 5.92 Å². The largest absolute Gasteiger partial charge is 0.343 e. The second-order valence-electron chi connectivity index (χ2n) is 6.18. The molecule has 1 saturated heterocycles. The normalized spacial score (nSPS) is 14.9. The van der Waals surface area contributed by atoms with E-state index in [0.717, 1.165) is 38.1 Å². The van der Waals surface area contributed by atoms with Crippen molar-refractivity contribution in [3.63, 3.8) is 0 Å². The van der Waals surface area contributed by atoms with Gasteiger partial charge in [-0.1, -0.05) is 6.92 Å². The third-order valence-electron chi connectivity index (χ3n) is 4.45. The molecule has 1 aliphatic heterocycles. The summed E-state index contributed by atoms with van der Waals surface area (Å²) in [5, 5.41) is 3.32. The van der Waals surface area contributed by atoms with Crippen LogP contribution < -0.4 is 5.32 Å². The quantitative estimate of drug-likeness (QED) is 0.746. The van der Waals surface area contributed by atoms with Gasteiger partial charge in [-0.05, 0) is 44.0 Å². The van der Waals surface area contributed by atoms with Gasteiger partial charge in [0, 0.05) is 32.0 Å². The summed E-state index contributed by atoms with van der Waals surface area (Å²) in [4.78, 5) is 26.0. The predicted molar refractivity (Wildman–Crippen MR) is 95.0 cm³/mol. The van der Waals surface area contributed by atoms with Gasteiger partial charge >= 0.3 is 0 Å². The minimum Gasteiger partial charge on any atom is -0.343 e. The zero-order valence-electron chi connectivity index (χ0n) is 14.4. The molecule has 1 N–H and O–H groups in total. The Balaban J connectivity index is 0.00000312. The molecule has 4 nitrogen and oxygen atoms in total. The van der Waals surface area contributed by atoms with Gasteiger partial charge in [0.25, 0.3) is 0 Å². The molecule has 1 aromatic carbocycles. The average molecular weight is 375 g/mol. The maximum Gasteiger partial charge on any atom is 0.223 e. The van der Waals surface area contributed by atoms with Crippen LogP contribution in [0.1, 0.15) is 43.0 Å². The highest BCUT2D eigenvalue weighted by Crippen LogP contribution is 2.18. The minimum absolute atomic E-state index is 0. The monoisotopic (exact) mass is 374 g/mol. The van der Waals surface area contributed by atoms with Crippen molar-refractivity contribution < 1.29 is 18.4 Å². The Morgan fingerprint density at radius 1 is 1.20 bits per heavy atom. The summed E-state index contributed by atoms with van der Waals surface area (Å²) in [6, 6.07) is 2.86. The van der Waals surface area contributed by atoms with E-state index in [-0.39, 0.29) is 36.7 Å². The molecule has 2 rings (SSSR count). The number of nitrogens with zero attached hydrogens (tertiary/aromatic N) is 1. The van der Waals surface area contributed by atoms with E-state index < -0.39 is 17.4 Å². The molecule has 0 radical (unpaired) electrons. The second-order valence-corrected chi connectivity index (χ2v) is 6.18. The zero-order valence-corrected chi connectivity index (χ0v) is 15.2. The molecule has 1 fully saturated rings. The molecule has 1 aromatic rings. The van der Waals surface area contributed by atoms with E-state index in [0.29, 0.717) is 25.1 Å². The van der Waals surface area contributed by atoms with Crippen LogP contribution in [0.2, 0.25) is 0 Å². The van der Waals surface area contributed by atoms with E-state index in [1.807, 2.05) is 0 Å². The van der Waals surface area contributed by atoms with Crippen molar-refractivity contribution >= 4 is 24.1 Å². The minimum atomic E-state index is -0.878. The van der Waals surface area contributed by atoms with Crippen LogP contribution >= 0.6 is 12.4 Å². The number of ketones is 1. The first-order valence-corrected chi connectivity index (χ1v) is 8.48. The molecule has 0 bridgehead atoms. The average Bonchev–Trinajstić information content (AvgIpc) is 2.58. The number of halogens is 3. The number of likely N-dealkylation sites (tertiary alicyclic amines) is 1. The van der Waals surface area contributed by atoms with E-state index >= 15 is 0 Å². The van der Waals surface area contributed by atoms with Gasteiger partial charge in [0.2, 0.25) is 5.91 Å². The van der Waals surface area contributed by atoms with Crippen molar-refractivity contribution in [1.82, 2.24) is 10.2 Å². The summed E-state index contributed by atoms with van der Waals surface area (Å²) >= 11 is 0. The Morgan fingerprint density at radius 3 is 2.48 bits per heavy atom. The maximum atomic E-state index is 13.6. The SMILES string of the molecule is CCNCC1CCN(C(=O)CCC(=O)c2ccc(F)cc2F)CC1.Cl. The molecule has 0 saturated carbocycles. The highest BCUT2D eigenvalue weighted by atomic mass is 35.5. The van der Waals surface area contributed by atoms with Crippen molar-refractivity contribution in [2.45, 2.75) is 32.6 Å². The number of amides is 1. The van der Waals surface area contributed by atoms with E-state index in [1.165, 1.54) is 0 Å². The Labute approximate surface area is 153 Å². The molecule has 25 heavy (non-hydrogen) atoms. The lowest BCUT2D eigenvalue weighted by Gasteiger charge is -2.32. The lowest BCUT2D eigenvalue weighted by Crippen LogP contribution is -2.40. The molecule has 0 atom stereocenters. The summed E-state index contributed by atoms with van der Waals surface area (Å²) in [6.45, 7) is 5.39. The fourth-order valence-corrected chi connectivity index (χ4v) is 2.96. The molecule has 1 heterocycles. The first-order valence-electron chi connectivity index (χ1n) is 8.48. The fraction of sp³-hybridized carbons (Fsp3) is 0.556. The number of carbonyl (C=O) groups excluding carboxylic acids is 2. The van der Waals surface area contributed by atoms with E-state index in [4.69, 9.17) is 0 Å². The highest BCUT2D eigenvalue weighted by Gasteiger charge is 2.23. The zero-order chi connectivity index (χ0) is 17.5. The van der Waals surface area contributed by atoms with Crippen LogP contribution in [-0.4, -0.2) is 42.8 Å². The molecule has 0 spiro atoms. The predicted octanol–water partition coefficient (Wildman–Crippen LogP) is 3.20. The number of benzene rings is 1. The summed E-state index contributed by atoms with van der Waals surface area (Å²) in [6.07, 6.45) is 1.92. The van der Waals surface area contributed by atoms with E-state index in [9.17, 15) is 18.4 Å². The Hall–Kier alpha value is -1.53. The third kappa shape index (κ3) is 6.36. The molecule has 0 aromatic heterocycles. The van der Waals surface area contributed by atoms with Gasteiger partial charge in [0.05, 0.1) is 5.56 Å². The first kappa shape index (κ1) is 21.5. The van der Waals surface area contributed by atoms with E-state index in [1.54, 1.807) is 4.90 Å². The fourth-order valence-electron chi connectivity index (χ4n) is 2.96. The van der Waals surface area contributed by atoms with Gasteiger partial charge in [-0.2, -0.15) is 0 Å². The topological polar surface area (TPSA) is 49.4 Å². The van der Waals surface area contributed by atoms with Crippen LogP contribution in [0, 0.1) is 17.6 Å². The maximum absolute atomic E-state index is 13.6. The molecule has 1 aliphatic rings. The number of rotatable bonds is 7. The number of Topliss-reactive ketones (excluding diaryl/α,β-unsaturated/α-hetero) is 1. The molecule has 0 aliphatic carbocycles. The van der Waals surface area contributed by atoms with Crippen LogP contribution in [0.15, 0.2) is 18.2 Å². The van der Waals surface area contributed by atoms with Crippen LogP contribution in [-0.2, 0) is 4.79 Å². The molecule has 0 unspecified atom stereocenters. The van der Waals surface area contributed by atoms with Crippen LogP contribution in [0.25, 0.3) is 0 Å². The summed E-state index contributed by atoms with van der Waals surface area (Å²) in [5.41, 5.74) is -0.159. The van der Waals surface area contributed by atoms with Gasteiger partial charge in [-0.15, -0.1) is 12.4 Å². The Bertz CT molecular complexity index is 590. The summed E-state index contributed by atoms with van der Waals surface area (Å²) in [7, 11) is 0. The van der Waals surface area contributed by atoms with Crippen LogP contribution in [0.3, 0.4) is 0 Å². The second kappa shape index (κ2) is 10.5. The number of piperidine rings is 1. The highest BCUT2D eigenvalue weighted by molar-refractivity contribution is 5.98. The van der Waals surface area contributed by atoms with Gasteiger partial charge in [-0.3, -0.25) is 9.59 Å². The van der Waals surface area contributed by atoms with Crippen molar-refractivity contribution in [2.75, 3.05) is 26.2 Å². The third-order valence-corrected chi connectivity index (χ3v) is 4.45. The number of carbonyl (C=O) groups is 2. The Morgan fingerprint density at radius 2 is 1.88 bits per heavy atom. The number of hydrogen-bond acceptors (Lipinski definition) is 3. The molecule has 7 heteroatoms. The van der Waals surface area contributed by atoms with Gasteiger partial charge in [-0.25, -0.2) is 8.78 Å². The molecular formula is C18H25ClF2N2O2. The van der Waals surface area contributed by atoms with Crippen molar-refractivity contribution in [1.29, 1.82) is 0 Å². The lowest BCUT2D eigenvalue weighted by molar-refractivity contribution is -0.132. The first-order chi connectivity index (χ1) is 11.5. The summed E-state index contributed by atoms with van der Waals surface area (Å²) < 4.78 is 26.4. The van der Waals surface area contributed by atoms with Crippen LogP contribution in [0.5, 0.6) is 0 Å². The van der Waals surface area contributed by atoms with Gasteiger partial charge < -0.3 is 10.2 Å². The van der Waals surface area contributed by atoms with E-state index in [2.05, 4.69) is 12.2 Å². The van der Waals surface area contributed by atoms with Crippen LogP contribution in [0.4, 0.5) is 8.78 Å². The standard InChI is InChI=1S/C18H24F2N2O2.ClH/c1-2-21-12-13-7-9-22(10-8-13)18(24)6-5-17(23)15-4-3-14(19)11-16(15)20;/h3-4,11,13,21H,2,5-10,12H2,1H3;1H. The lowest BCUT2D eigenvalue weighted by atomic mass is 9.96. The van der Waals surface area contributed by atoms with Gasteiger partial charge in [0.15, 0.2) is 5.78 Å². The van der Waals surface area contributed by atoms with Gasteiger partial charge in [0.1, 0.15) is 11.6 Å². The molecule has 1 amide bonds. The smallest absolute Gasteiger partial charge is 0.223 e. The number of nitrogens with one attached hydrogen (secondary N) is 1. The summed E-state index contributed by atoms with van der Waals surface area (Å²) in [5.74, 6) is -1.56. The number of hydrogen-bond donors (Lipinski definition) is 1. The molecule has 140 valence electrons. The van der Waals surface area contributed by atoms with Crippen molar-refractivity contribution in [3.8, 4) is 0 Å².